The molecule has 1 aromatic rings. The van der Waals surface area contributed by atoms with Crippen molar-refractivity contribution in [2.24, 2.45) is 5.92 Å². The minimum Gasteiger partial charge on any atom is -0.383 e. The second-order valence-corrected chi connectivity index (χ2v) is 6.92. The van der Waals surface area contributed by atoms with Crippen molar-refractivity contribution >= 4 is 27.1 Å². The Morgan fingerprint density at radius 2 is 2.12 bits per heavy atom. The molecule has 5 heteroatoms. The van der Waals surface area contributed by atoms with Crippen LogP contribution < -0.4 is 5.32 Å². The van der Waals surface area contributed by atoms with Crippen LogP contribution in [-0.2, 0) is 9.84 Å². The number of hydrogen-bond donors (Lipinski definition) is 1. The van der Waals surface area contributed by atoms with Crippen LogP contribution in [0.3, 0.4) is 0 Å². The van der Waals surface area contributed by atoms with Crippen molar-refractivity contribution in [3.63, 3.8) is 0 Å². The van der Waals surface area contributed by atoms with E-state index in [9.17, 15) is 8.42 Å². The predicted molar refractivity (Wildman–Crippen MR) is 65.8 cm³/mol. The van der Waals surface area contributed by atoms with Crippen LogP contribution in [-0.4, -0.2) is 20.2 Å². The van der Waals surface area contributed by atoms with Gasteiger partial charge in [-0.2, -0.15) is 0 Å². The molecule has 1 aromatic carbocycles. The van der Waals surface area contributed by atoms with Gasteiger partial charge in [0.25, 0.3) is 0 Å². The van der Waals surface area contributed by atoms with Crippen LogP contribution >= 0.6 is 11.6 Å². The number of anilines is 1. The smallest absolute Gasteiger partial charge is 0.185 e. The molecule has 0 radical (unpaired) electrons. The Kier molecular flexibility index (Phi) is 2.88. The Morgan fingerprint density at radius 1 is 1.44 bits per heavy atom. The summed E-state index contributed by atoms with van der Waals surface area (Å²) in [4.78, 5) is 0.324. The van der Waals surface area contributed by atoms with Gasteiger partial charge in [-0.1, -0.05) is 25.4 Å². The molecule has 0 fully saturated rings. The Labute approximate surface area is 101 Å². The first-order valence-corrected chi connectivity index (χ1v) is 7.12. The Balaban J connectivity index is 2.58. The Hall–Kier alpha value is -0.740. The monoisotopic (exact) mass is 259 g/mol. The minimum absolute atomic E-state index is 0.0876. The second-order valence-electron chi connectivity index (χ2n) is 4.35. The fourth-order valence-electron chi connectivity index (χ4n) is 1.95. The van der Waals surface area contributed by atoms with Crippen LogP contribution in [0.1, 0.15) is 13.8 Å². The third-order valence-corrected chi connectivity index (χ3v) is 5.58. The second kappa shape index (κ2) is 3.93. The Morgan fingerprint density at radius 3 is 2.75 bits per heavy atom. The third-order valence-electron chi connectivity index (χ3n) is 2.89. The van der Waals surface area contributed by atoms with Gasteiger partial charge in [-0.15, -0.1) is 0 Å². The summed E-state index contributed by atoms with van der Waals surface area (Å²) in [7, 11) is -3.25. The SMILES string of the molecule is CC(C)C1CNc2ccc(Cl)cc2S1(=O)=O. The molecule has 1 aliphatic heterocycles. The summed E-state index contributed by atoms with van der Waals surface area (Å²) in [6, 6.07) is 4.93. The fourth-order valence-corrected chi connectivity index (χ4v) is 4.28. The molecule has 88 valence electrons. The van der Waals surface area contributed by atoms with Crippen LogP contribution in [0.15, 0.2) is 23.1 Å². The zero-order valence-corrected chi connectivity index (χ0v) is 10.8. The molecule has 0 saturated heterocycles. The highest BCUT2D eigenvalue weighted by Crippen LogP contribution is 2.34. The van der Waals surface area contributed by atoms with Crippen LogP contribution in [0.25, 0.3) is 0 Å². The van der Waals surface area contributed by atoms with E-state index in [0.717, 1.165) is 0 Å². The molecule has 0 spiro atoms. The molecule has 0 saturated carbocycles. The lowest BCUT2D eigenvalue weighted by atomic mass is 10.1. The molecule has 3 nitrogen and oxygen atoms in total. The summed E-state index contributed by atoms with van der Waals surface area (Å²) in [5, 5.41) is 3.21. The van der Waals surface area contributed by atoms with Crippen LogP contribution in [0.2, 0.25) is 5.02 Å². The zero-order chi connectivity index (χ0) is 11.9. The minimum atomic E-state index is -3.25. The average molecular weight is 260 g/mol. The number of sulfone groups is 1. The standard InChI is InChI=1S/C11H14ClNO2S/c1-7(2)11-6-13-9-4-3-8(12)5-10(9)16(11,14)15/h3-5,7,11,13H,6H2,1-2H3. The molecule has 1 heterocycles. The molecule has 0 aliphatic carbocycles. The number of hydrogen-bond acceptors (Lipinski definition) is 3. The van der Waals surface area contributed by atoms with Gasteiger partial charge in [0.05, 0.1) is 15.8 Å². The van der Waals surface area contributed by atoms with E-state index in [1.54, 1.807) is 12.1 Å². The van der Waals surface area contributed by atoms with Crippen molar-refractivity contribution in [1.29, 1.82) is 0 Å². The van der Waals surface area contributed by atoms with Crippen molar-refractivity contribution in [2.45, 2.75) is 24.0 Å². The van der Waals surface area contributed by atoms with Crippen molar-refractivity contribution in [3.8, 4) is 0 Å². The topological polar surface area (TPSA) is 46.2 Å². The number of benzene rings is 1. The average Bonchev–Trinajstić information content (AvgIpc) is 2.18. The molecule has 16 heavy (non-hydrogen) atoms. The molecule has 1 unspecified atom stereocenters. The van der Waals surface area contributed by atoms with E-state index in [2.05, 4.69) is 5.32 Å². The van der Waals surface area contributed by atoms with E-state index in [4.69, 9.17) is 11.6 Å². The lowest BCUT2D eigenvalue weighted by molar-refractivity contribution is 0.533. The van der Waals surface area contributed by atoms with Gasteiger partial charge in [0, 0.05) is 11.6 Å². The van der Waals surface area contributed by atoms with Gasteiger partial charge < -0.3 is 5.32 Å². The number of halogens is 1. The zero-order valence-electron chi connectivity index (χ0n) is 9.20. The van der Waals surface area contributed by atoms with E-state index < -0.39 is 9.84 Å². The highest BCUT2D eigenvalue weighted by Gasteiger charge is 2.35. The molecule has 2 rings (SSSR count). The van der Waals surface area contributed by atoms with E-state index in [1.165, 1.54) is 6.07 Å². The first kappa shape index (κ1) is 11.7. The van der Waals surface area contributed by atoms with Crippen LogP contribution in [0.5, 0.6) is 0 Å². The fraction of sp³-hybridized carbons (Fsp3) is 0.455. The summed E-state index contributed by atoms with van der Waals surface area (Å²) in [5.41, 5.74) is 0.654. The molecular weight excluding hydrogens is 246 g/mol. The van der Waals surface area contributed by atoms with E-state index in [0.29, 0.717) is 22.2 Å². The molecule has 0 amide bonds. The summed E-state index contributed by atoms with van der Waals surface area (Å²) >= 11 is 5.84. The first-order chi connectivity index (χ1) is 7.43. The Bertz CT molecular complexity index is 511. The maximum atomic E-state index is 12.3. The van der Waals surface area contributed by atoms with Crippen molar-refractivity contribution in [3.05, 3.63) is 23.2 Å². The van der Waals surface area contributed by atoms with Gasteiger partial charge in [0.2, 0.25) is 0 Å². The number of nitrogens with one attached hydrogen (secondary N) is 1. The predicted octanol–water partition coefficient (Wildman–Crippen LogP) is 2.56. The lowest BCUT2D eigenvalue weighted by Gasteiger charge is -2.28. The first-order valence-electron chi connectivity index (χ1n) is 5.20. The quantitative estimate of drug-likeness (QED) is 0.843. The lowest BCUT2D eigenvalue weighted by Crippen LogP contribution is -2.38. The van der Waals surface area contributed by atoms with Crippen LogP contribution in [0.4, 0.5) is 5.69 Å². The van der Waals surface area contributed by atoms with E-state index in [1.807, 2.05) is 13.8 Å². The molecule has 0 aromatic heterocycles. The largest absolute Gasteiger partial charge is 0.383 e. The van der Waals surface area contributed by atoms with E-state index >= 15 is 0 Å². The molecular formula is C11H14ClNO2S. The third kappa shape index (κ3) is 1.80. The van der Waals surface area contributed by atoms with Gasteiger partial charge >= 0.3 is 0 Å². The maximum absolute atomic E-state index is 12.3. The van der Waals surface area contributed by atoms with Gasteiger partial charge in [0.1, 0.15) is 0 Å². The molecule has 1 aliphatic rings. The highest BCUT2D eigenvalue weighted by molar-refractivity contribution is 7.92. The van der Waals surface area contributed by atoms with Crippen LogP contribution in [0, 0.1) is 5.92 Å². The van der Waals surface area contributed by atoms with Gasteiger partial charge in [-0.3, -0.25) is 0 Å². The number of rotatable bonds is 1. The molecule has 0 bridgehead atoms. The van der Waals surface area contributed by atoms with Gasteiger partial charge in [-0.25, -0.2) is 8.42 Å². The highest BCUT2D eigenvalue weighted by atomic mass is 35.5. The summed E-state index contributed by atoms with van der Waals surface area (Å²) in [6.07, 6.45) is 0. The van der Waals surface area contributed by atoms with Crippen molar-refractivity contribution in [2.75, 3.05) is 11.9 Å². The van der Waals surface area contributed by atoms with E-state index in [-0.39, 0.29) is 11.2 Å². The summed E-state index contributed by atoms with van der Waals surface area (Å²) < 4.78 is 24.6. The summed E-state index contributed by atoms with van der Waals surface area (Å²) in [5.74, 6) is 0.0876. The van der Waals surface area contributed by atoms with Gasteiger partial charge in [0.15, 0.2) is 9.84 Å². The normalized spacial score (nSPS) is 22.6. The van der Waals surface area contributed by atoms with Gasteiger partial charge in [-0.05, 0) is 24.1 Å². The molecule has 1 N–H and O–H groups in total. The van der Waals surface area contributed by atoms with Crippen molar-refractivity contribution < 1.29 is 8.42 Å². The van der Waals surface area contributed by atoms with Crippen molar-refractivity contribution in [1.82, 2.24) is 0 Å². The summed E-state index contributed by atoms with van der Waals surface area (Å²) in [6.45, 7) is 4.30. The molecule has 1 atom stereocenters. The maximum Gasteiger partial charge on any atom is 0.185 e. The number of fused-ring (bicyclic) bond motifs is 1.